The summed E-state index contributed by atoms with van der Waals surface area (Å²) in [5.74, 6) is -0.606. The van der Waals surface area contributed by atoms with Gasteiger partial charge in [0.2, 0.25) is 5.91 Å². The summed E-state index contributed by atoms with van der Waals surface area (Å²) in [6.45, 7) is 3.32. The summed E-state index contributed by atoms with van der Waals surface area (Å²) in [4.78, 5) is 26.9. The molecule has 9 heteroatoms. The van der Waals surface area contributed by atoms with Crippen LogP contribution in [0.25, 0.3) is 33.3 Å². The van der Waals surface area contributed by atoms with Crippen molar-refractivity contribution in [1.82, 2.24) is 19.9 Å². The molecule has 2 N–H and O–H groups in total. The quantitative estimate of drug-likeness (QED) is 0.473. The van der Waals surface area contributed by atoms with Crippen molar-refractivity contribution in [3.8, 4) is 22.3 Å². The van der Waals surface area contributed by atoms with E-state index in [1.165, 1.54) is 18.6 Å². The van der Waals surface area contributed by atoms with Crippen molar-refractivity contribution in [3.05, 3.63) is 73.6 Å². The average Bonchev–Trinajstić information content (AvgIpc) is 3.16. The maximum atomic E-state index is 13.4. The summed E-state index contributed by atoms with van der Waals surface area (Å²) in [7, 11) is 0. The molecule has 0 aliphatic heterocycles. The first-order valence-corrected chi connectivity index (χ1v) is 8.74. The van der Waals surface area contributed by atoms with E-state index >= 15 is 0 Å². The van der Waals surface area contributed by atoms with Crippen LogP contribution in [0.15, 0.2) is 68.0 Å². The smallest absolute Gasteiger partial charge is 0.346 e. The first-order chi connectivity index (χ1) is 14.3. The zero-order valence-corrected chi connectivity index (χ0v) is 15.4. The number of halogens is 3. The van der Waals surface area contributed by atoms with Crippen LogP contribution in [0.1, 0.15) is 5.56 Å². The lowest BCUT2D eigenvalue weighted by molar-refractivity contribution is -0.137. The molecule has 6 nitrogen and oxygen atoms in total. The molecule has 1 aromatic carbocycles. The number of carbonyl (C=O) groups is 1. The highest BCUT2D eigenvalue weighted by Gasteiger charge is 2.31. The third kappa shape index (κ3) is 3.77. The van der Waals surface area contributed by atoms with E-state index in [1.54, 1.807) is 24.7 Å². The molecule has 0 spiro atoms. The molecular formula is C21H14F3N5O. The maximum Gasteiger partial charge on any atom is 0.416 e. The predicted molar refractivity (Wildman–Crippen MR) is 106 cm³/mol. The van der Waals surface area contributed by atoms with Gasteiger partial charge in [-0.3, -0.25) is 4.79 Å². The largest absolute Gasteiger partial charge is 0.416 e. The number of H-pyrrole nitrogens is 1. The van der Waals surface area contributed by atoms with E-state index in [9.17, 15) is 18.0 Å². The first-order valence-electron chi connectivity index (χ1n) is 8.74. The Labute approximate surface area is 168 Å². The van der Waals surface area contributed by atoms with Gasteiger partial charge in [-0.15, -0.1) is 0 Å². The number of hydrogen-bond donors (Lipinski definition) is 2. The Morgan fingerprint density at radius 1 is 1.03 bits per heavy atom. The summed E-state index contributed by atoms with van der Waals surface area (Å²) in [5.41, 5.74) is 1.93. The van der Waals surface area contributed by atoms with Gasteiger partial charge in [0.05, 0.1) is 5.56 Å². The van der Waals surface area contributed by atoms with E-state index in [-0.39, 0.29) is 11.3 Å². The molecule has 4 rings (SSSR count). The van der Waals surface area contributed by atoms with Gasteiger partial charge in [0.15, 0.2) is 0 Å². The third-order valence-electron chi connectivity index (χ3n) is 4.45. The second kappa shape index (κ2) is 7.43. The van der Waals surface area contributed by atoms with Crippen LogP contribution >= 0.6 is 0 Å². The van der Waals surface area contributed by atoms with Crippen molar-refractivity contribution in [2.75, 3.05) is 5.32 Å². The first kappa shape index (κ1) is 19.3. The summed E-state index contributed by atoms with van der Waals surface area (Å²) in [6, 6.07) is 5.08. The summed E-state index contributed by atoms with van der Waals surface area (Å²) in [6.07, 6.45) is 4.29. The molecule has 0 atom stereocenters. The Kier molecular flexibility index (Phi) is 4.78. The number of amides is 1. The van der Waals surface area contributed by atoms with E-state index < -0.39 is 17.6 Å². The van der Waals surface area contributed by atoms with Crippen molar-refractivity contribution in [1.29, 1.82) is 0 Å². The van der Waals surface area contributed by atoms with Crippen LogP contribution in [-0.4, -0.2) is 25.8 Å². The van der Waals surface area contributed by atoms with Crippen LogP contribution in [0.5, 0.6) is 0 Å². The highest BCUT2D eigenvalue weighted by molar-refractivity contribution is 6.00. The number of hydrogen-bond acceptors (Lipinski definition) is 4. The number of aromatic amines is 1. The number of alkyl halides is 3. The standard InChI is InChI=1S/C21H14F3N5O/c1-2-19(30)29-16-4-12(3-15(6-16)21(22,23)24)13-5-17-18(10-28-20(17)27-9-13)14-7-25-11-26-8-14/h2-11H,1H2,(H,27,28)(H,29,30). The molecule has 4 aromatic rings. The highest BCUT2D eigenvalue weighted by atomic mass is 19.4. The monoisotopic (exact) mass is 409 g/mol. The summed E-state index contributed by atoms with van der Waals surface area (Å²) < 4.78 is 40.2. The van der Waals surface area contributed by atoms with E-state index in [0.717, 1.165) is 29.3 Å². The minimum atomic E-state index is -4.58. The zero-order chi connectivity index (χ0) is 21.3. The van der Waals surface area contributed by atoms with Crippen LogP contribution in [0.3, 0.4) is 0 Å². The van der Waals surface area contributed by atoms with E-state index in [4.69, 9.17) is 0 Å². The van der Waals surface area contributed by atoms with Gasteiger partial charge < -0.3 is 10.3 Å². The normalized spacial score (nSPS) is 11.4. The molecule has 0 aliphatic rings. The number of pyridine rings is 1. The molecular weight excluding hydrogens is 395 g/mol. The van der Waals surface area contributed by atoms with Crippen LogP contribution < -0.4 is 5.32 Å². The molecule has 30 heavy (non-hydrogen) atoms. The molecule has 0 aliphatic carbocycles. The molecule has 1 amide bonds. The van der Waals surface area contributed by atoms with Gasteiger partial charge in [-0.25, -0.2) is 15.0 Å². The molecule has 0 unspecified atom stereocenters. The predicted octanol–water partition coefficient (Wildman–Crippen LogP) is 4.83. The molecule has 3 heterocycles. The van der Waals surface area contributed by atoms with Crippen LogP contribution in [0.4, 0.5) is 18.9 Å². The number of benzene rings is 1. The van der Waals surface area contributed by atoms with Gasteiger partial charge >= 0.3 is 6.18 Å². The van der Waals surface area contributed by atoms with Crippen molar-refractivity contribution < 1.29 is 18.0 Å². The van der Waals surface area contributed by atoms with Gasteiger partial charge in [0.1, 0.15) is 12.0 Å². The van der Waals surface area contributed by atoms with Crippen LogP contribution in [0.2, 0.25) is 0 Å². The number of fused-ring (bicyclic) bond motifs is 1. The van der Waals surface area contributed by atoms with E-state index in [1.807, 2.05) is 0 Å². The number of nitrogens with one attached hydrogen (secondary N) is 2. The average molecular weight is 409 g/mol. The van der Waals surface area contributed by atoms with Crippen molar-refractivity contribution in [3.63, 3.8) is 0 Å². The summed E-state index contributed by atoms with van der Waals surface area (Å²) >= 11 is 0. The van der Waals surface area contributed by atoms with Gasteiger partial charge in [-0.05, 0) is 35.9 Å². The fourth-order valence-corrected chi connectivity index (χ4v) is 3.06. The lowest BCUT2D eigenvalue weighted by Crippen LogP contribution is -2.10. The topological polar surface area (TPSA) is 83.6 Å². The molecule has 150 valence electrons. The number of carbonyl (C=O) groups excluding carboxylic acids is 1. The van der Waals surface area contributed by atoms with Gasteiger partial charge in [-0.2, -0.15) is 13.2 Å². The fraction of sp³-hybridized carbons (Fsp3) is 0.0476. The molecule has 0 bridgehead atoms. The number of rotatable bonds is 4. The lowest BCUT2D eigenvalue weighted by atomic mass is 10.0. The zero-order valence-electron chi connectivity index (χ0n) is 15.4. The molecule has 0 saturated heterocycles. The highest BCUT2D eigenvalue weighted by Crippen LogP contribution is 2.36. The third-order valence-corrected chi connectivity index (χ3v) is 4.45. The van der Waals surface area contributed by atoms with Crippen molar-refractivity contribution in [2.45, 2.75) is 6.18 Å². The molecule has 0 saturated carbocycles. The molecule has 0 radical (unpaired) electrons. The van der Waals surface area contributed by atoms with Crippen LogP contribution in [0, 0.1) is 0 Å². The summed E-state index contributed by atoms with van der Waals surface area (Å²) in [5, 5.41) is 3.09. The minimum Gasteiger partial charge on any atom is -0.346 e. The Bertz CT molecular complexity index is 1250. The number of nitrogens with zero attached hydrogens (tertiary/aromatic N) is 3. The molecule has 3 aromatic heterocycles. The Morgan fingerprint density at radius 3 is 2.50 bits per heavy atom. The SMILES string of the molecule is C=CC(=O)Nc1cc(-c2cnc3[nH]cc(-c4cncnc4)c3c2)cc(C(F)(F)F)c1. The van der Waals surface area contributed by atoms with Gasteiger partial charge in [-0.1, -0.05) is 6.58 Å². The maximum absolute atomic E-state index is 13.4. The fourth-order valence-electron chi connectivity index (χ4n) is 3.06. The van der Waals surface area contributed by atoms with Crippen LogP contribution in [-0.2, 0) is 11.0 Å². The second-order valence-corrected chi connectivity index (χ2v) is 6.44. The number of aromatic nitrogens is 4. The van der Waals surface area contributed by atoms with E-state index in [0.29, 0.717) is 16.6 Å². The number of anilines is 1. The Hall–Kier alpha value is -4.01. The van der Waals surface area contributed by atoms with Gasteiger partial charge in [0, 0.05) is 52.6 Å². The van der Waals surface area contributed by atoms with Crippen molar-refractivity contribution in [2.24, 2.45) is 0 Å². The van der Waals surface area contributed by atoms with Crippen molar-refractivity contribution >= 4 is 22.6 Å². The Balaban J connectivity index is 1.85. The Morgan fingerprint density at radius 2 is 1.80 bits per heavy atom. The second-order valence-electron chi connectivity index (χ2n) is 6.44. The minimum absolute atomic E-state index is 0.00979. The van der Waals surface area contributed by atoms with E-state index in [2.05, 4.69) is 31.8 Å². The van der Waals surface area contributed by atoms with Gasteiger partial charge in [0.25, 0.3) is 0 Å². The lowest BCUT2D eigenvalue weighted by Gasteiger charge is -2.13. The molecule has 0 fully saturated rings.